The van der Waals surface area contributed by atoms with E-state index >= 15 is 0 Å². The van der Waals surface area contributed by atoms with Crippen LogP contribution in [-0.4, -0.2) is 20.4 Å². The third-order valence-electron chi connectivity index (χ3n) is 2.80. The molecule has 5 nitrogen and oxygen atoms in total. The summed E-state index contributed by atoms with van der Waals surface area (Å²) in [5.41, 5.74) is 8.86. The van der Waals surface area contributed by atoms with Crippen LogP contribution in [0.3, 0.4) is 0 Å². The number of nitrogen functional groups attached to an aromatic ring is 1. The molecule has 0 unspecified atom stereocenters. The van der Waals surface area contributed by atoms with Gasteiger partial charge in [-0.3, -0.25) is 15.0 Å². The quantitative estimate of drug-likeness (QED) is 0.526. The van der Waals surface area contributed by atoms with Crippen molar-refractivity contribution in [2.75, 3.05) is 0 Å². The summed E-state index contributed by atoms with van der Waals surface area (Å²) in [5, 5.41) is 7.60. The minimum absolute atomic E-state index is 0.0187. The smallest absolute Gasteiger partial charge is 0.125 e. The summed E-state index contributed by atoms with van der Waals surface area (Å²) in [6.07, 6.45) is 5.03. The van der Waals surface area contributed by atoms with E-state index < -0.39 is 0 Å². The number of hydrogen-bond donors (Lipinski definition) is 2. The van der Waals surface area contributed by atoms with E-state index in [2.05, 4.69) is 9.97 Å². The number of rotatable bonds is 2. The molecule has 18 heavy (non-hydrogen) atoms. The number of aromatic nitrogens is 3. The molecule has 1 aromatic carbocycles. The van der Waals surface area contributed by atoms with Gasteiger partial charge in [-0.1, -0.05) is 12.1 Å². The monoisotopic (exact) mass is 237 g/mol. The molecule has 3 rings (SSSR count). The Bertz CT molecular complexity index is 729. The molecule has 0 aliphatic carbocycles. The molecule has 2 heterocycles. The Morgan fingerprint density at radius 2 is 2.06 bits per heavy atom. The first kappa shape index (κ1) is 10.5. The number of fused-ring (bicyclic) bond motifs is 1. The zero-order chi connectivity index (χ0) is 12.5. The summed E-state index contributed by atoms with van der Waals surface area (Å²) in [6, 6.07) is 9.53. The summed E-state index contributed by atoms with van der Waals surface area (Å²) in [7, 11) is 0. The predicted molar refractivity (Wildman–Crippen MR) is 69.9 cm³/mol. The highest BCUT2D eigenvalue weighted by Gasteiger charge is 2.10. The van der Waals surface area contributed by atoms with Crippen molar-refractivity contribution in [2.45, 2.75) is 0 Å². The number of nitrogens with two attached hydrogens (primary N) is 1. The van der Waals surface area contributed by atoms with Gasteiger partial charge in [0, 0.05) is 11.8 Å². The average Bonchev–Trinajstić information content (AvgIpc) is 2.82. The molecule has 0 saturated heterocycles. The Labute approximate surface area is 103 Å². The molecule has 0 saturated carbocycles. The topological polar surface area (TPSA) is 80.6 Å². The molecule has 3 aromatic rings. The number of nitrogens with one attached hydrogen (secondary N) is 1. The standard InChI is InChI=1S/C13H11N5/c14-13(15)9-5-6-16-7-12(9)18-8-17-10-3-1-2-4-11(10)18/h1-8H,(H3,14,15). The van der Waals surface area contributed by atoms with Crippen LogP contribution >= 0.6 is 0 Å². The van der Waals surface area contributed by atoms with Crippen LogP contribution in [0.25, 0.3) is 16.7 Å². The Morgan fingerprint density at radius 1 is 1.22 bits per heavy atom. The maximum absolute atomic E-state index is 7.60. The van der Waals surface area contributed by atoms with Gasteiger partial charge < -0.3 is 5.73 Å². The number of hydrogen-bond acceptors (Lipinski definition) is 3. The molecule has 88 valence electrons. The van der Waals surface area contributed by atoms with Crippen LogP contribution in [-0.2, 0) is 0 Å². The van der Waals surface area contributed by atoms with Gasteiger partial charge >= 0.3 is 0 Å². The molecular weight excluding hydrogens is 226 g/mol. The molecule has 0 radical (unpaired) electrons. The van der Waals surface area contributed by atoms with E-state index in [4.69, 9.17) is 11.1 Å². The predicted octanol–water partition coefficient (Wildman–Crippen LogP) is 1.70. The number of pyridine rings is 1. The van der Waals surface area contributed by atoms with E-state index in [-0.39, 0.29) is 5.84 Å². The van der Waals surface area contributed by atoms with Gasteiger partial charge in [0.15, 0.2) is 0 Å². The second kappa shape index (κ2) is 3.96. The summed E-state index contributed by atoms with van der Waals surface area (Å²) >= 11 is 0. The van der Waals surface area contributed by atoms with Crippen molar-refractivity contribution in [1.82, 2.24) is 14.5 Å². The molecule has 0 aliphatic rings. The van der Waals surface area contributed by atoms with E-state index in [1.165, 1.54) is 0 Å². The van der Waals surface area contributed by atoms with Gasteiger partial charge in [0.05, 0.1) is 22.9 Å². The molecule has 0 bridgehead atoms. The van der Waals surface area contributed by atoms with Gasteiger partial charge in [-0.05, 0) is 18.2 Å². The number of benzene rings is 1. The maximum atomic E-state index is 7.60. The lowest BCUT2D eigenvalue weighted by atomic mass is 10.2. The van der Waals surface area contributed by atoms with E-state index in [0.717, 1.165) is 16.7 Å². The van der Waals surface area contributed by atoms with E-state index in [1.807, 2.05) is 28.8 Å². The summed E-state index contributed by atoms with van der Waals surface area (Å²) in [5.74, 6) is 0.0187. The van der Waals surface area contributed by atoms with Crippen LogP contribution < -0.4 is 5.73 Å². The lowest BCUT2D eigenvalue weighted by Gasteiger charge is -2.08. The van der Waals surface area contributed by atoms with Crippen molar-refractivity contribution in [3.63, 3.8) is 0 Å². The fourth-order valence-electron chi connectivity index (χ4n) is 1.96. The summed E-state index contributed by atoms with van der Waals surface area (Å²) in [4.78, 5) is 8.41. The highest BCUT2D eigenvalue weighted by Crippen LogP contribution is 2.19. The minimum atomic E-state index is 0.0187. The largest absolute Gasteiger partial charge is 0.384 e. The van der Waals surface area contributed by atoms with Crippen molar-refractivity contribution in [3.05, 3.63) is 54.6 Å². The molecule has 2 aromatic heterocycles. The van der Waals surface area contributed by atoms with E-state index in [9.17, 15) is 0 Å². The Kier molecular flexibility index (Phi) is 2.30. The first-order chi connectivity index (χ1) is 8.77. The zero-order valence-corrected chi connectivity index (χ0v) is 9.54. The highest BCUT2D eigenvalue weighted by molar-refractivity contribution is 5.98. The lowest BCUT2D eigenvalue weighted by Crippen LogP contribution is -2.14. The number of amidine groups is 1. The molecule has 0 spiro atoms. The fraction of sp³-hybridized carbons (Fsp3) is 0. The number of para-hydroxylation sites is 2. The molecule has 0 fully saturated rings. The van der Waals surface area contributed by atoms with Gasteiger partial charge in [0.2, 0.25) is 0 Å². The number of nitrogens with zero attached hydrogens (tertiary/aromatic N) is 3. The SMILES string of the molecule is N=C(N)c1ccncc1-n1cnc2ccccc21. The van der Waals surface area contributed by atoms with Gasteiger partial charge in [0.1, 0.15) is 12.2 Å². The van der Waals surface area contributed by atoms with Crippen LogP contribution in [0.5, 0.6) is 0 Å². The molecule has 0 aliphatic heterocycles. The van der Waals surface area contributed by atoms with Gasteiger partial charge in [-0.25, -0.2) is 4.98 Å². The van der Waals surface area contributed by atoms with Crippen molar-refractivity contribution >= 4 is 16.9 Å². The summed E-state index contributed by atoms with van der Waals surface area (Å²) in [6.45, 7) is 0. The van der Waals surface area contributed by atoms with Crippen LogP contribution in [0.4, 0.5) is 0 Å². The Morgan fingerprint density at radius 3 is 2.89 bits per heavy atom. The maximum Gasteiger partial charge on any atom is 0.125 e. The first-order valence-corrected chi connectivity index (χ1v) is 5.48. The molecule has 0 atom stereocenters. The van der Waals surface area contributed by atoms with Crippen molar-refractivity contribution in [1.29, 1.82) is 5.41 Å². The zero-order valence-electron chi connectivity index (χ0n) is 9.54. The molecular formula is C13H11N5. The molecule has 3 N–H and O–H groups in total. The van der Waals surface area contributed by atoms with Gasteiger partial charge in [-0.15, -0.1) is 0 Å². The van der Waals surface area contributed by atoms with Crippen LogP contribution in [0.1, 0.15) is 5.56 Å². The van der Waals surface area contributed by atoms with Gasteiger partial charge in [0.25, 0.3) is 0 Å². The van der Waals surface area contributed by atoms with Crippen molar-refractivity contribution in [3.8, 4) is 5.69 Å². The van der Waals surface area contributed by atoms with E-state index in [0.29, 0.717) is 5.56 Å². The van der Waals surface area contributed by atoms with Crippen LogP contribution in [0.15, 0.2) is 49.1 Å². The highest BCUT2D eigenvalue weighted by atomic mass is 15.1. The van der Waals surface area contributed by atoms with Crippen molar-refractivity contribution < 1.29 is 0 Å². The third kappa shape index (κ3) is 1.53. The number of imidazole rings is 1. The normalized spacial score (nSPS) is 10.7. The first-order valence-electron chi connectivity index (χ1n) is 5.48. The Balaban J connectivity index is 2.30. The molecule has 0 amide bonds. The van der Waals surface area contributed by atoms with Crippen molar-refractivity contribution in [2.24, 2.45) is 5.73 Å². The van der Waals surface area contributed by atoms with Gasteiger partial charge in [-0.2, -0.15) is 0 Å². The fourth-order valence-corrected chi connectivity index (χ4v) is 1.96. The second-order valence-electron chi connectivity index (χ2n) is 3.91. The lowest BCUT2D eigenvalue weighted by molar-refractivity contribution is 1.06. The third-order valence-corrected chi connectivity index (χ3v) is 2.80. The second-order valence-corrected chi connectivity index (χ2v) is 3.91. The molecule has 5 heteroatoms. The summed E-state index contributed by atoms with van der Waals surface area (Å²) < 4.78 is 1.89. The average molecular weight is 237 g/mol. The minimum Gasteiger partial charge on any atom is -0.384 e. The van der Waals surface area contributed by atoms with Crippen LogP contribution in [0, 0.1) is 5.41 Å². The van der Waals surface area contributed by atoms with Crippen LogP contribution in [0.2, 0.25) is 0 Å². The van der Waals surface area contributed by atoms with E-state index in [1.54, 1.807) is 24.8 Å². The Hall–Kier alpha value is -2.69.